The fourth-order valence-corrected chi connectivity index (χ4v) is 2.49. The average molecular weight is 305 g/mol. The van der Waals surface area contributed by atoms with Crippen LogP contribution in [0.3, 0.4) is 0 Å². The number of hydrogen-bond donors (Lipinski definition) is 2. The minimum absolute atomic E-state index is 0.0715. The number of nitrogens with zero attached hydrogens (tertiary/aromatic N) is 1. The van der Waals surface area contributed by atoms with Crippen LogP contribution in [-0.4, -0.2) is 55.5 Å². The number of benzene rings is 1. The molecule has 0 saturated carbocycles. The van der Waals surface area contributed by atoms with Crippen LogP contribution in [0.15, 0.2) is 24.3 Å². The lowest BCUT2D eigenvalue weighted by atomic mass is 10.1. The maximum absolute atomic E-state index is 12.2. The molecule has 2 rings (SSSR count). The fourth-order valence-electron chi connectivity index (χ4n) is 2.49. The van der Waals surface area contributed by atoms with Gasteiger partial charge in [0.25, 0.3) is 0 Å². The van der Waals surface area contributed by atoms with E-state index in [9.17, 15) is 9.59 Å². The van der Waals surface area contributed by atoms with Crippen molar-refractivity contribution in [3.8, 4) is 5.75 Å². The molecule has 0 bridgehead atoms. The number of para-hydroxylation sites is 1. The first-order valence-corrected chi connectivity index (χ1v) is 7.53. The Labute approximate surface area is 130 Å². The van der Waals surface area contributed by atoms with Crippen LogP contribution in [0.25, 0.3) is 0 Å². The van der Waals surface area contributed by atoms with Crippen LogP contribution in [0.4, 0.5) is 0 Å². The first-order valence-electron chi connectivity index (χ1n) is 7.53. The summed E-state index contributed by atoms with van der Waals surface area (Å²) in [6.45, 7) is 6.06. The van der Waals surface area contributed by atoms with Crippen LogP contribution in [-0.2, 0) is 9.59 Å². The smallest absolute Gasteiger partial charge is 0.244 e. The van der Waals surface area contributed by atoms with E-state index in [4.69, 9.17) is 4.74 Å². The second-order valence-electron chi connectivity index (χ2n) is 5.34. The lowest BCUT2D eigenvalue weighted by Gasteiger charge is -2.34. The van der Waals surface area contributed by atoms with Crippen LogP contribution in [0.5, 0.6) is 5.75 Å². The predicted molar refractivity (Wildman–Crippen MR) is 83.7 cm³/mol. The summed E-state index contributed by atoms with van der Waals surface area (Å²) >= 11 is 0. The molecule has 2 amide bonds. The van der Waals surface area contributed by atoms with Gasteiger partial charge in [0.1, 0.15) is 18.4 Å². The molecule has 1 atom stereocenters. The molecule has 1 heterocycles. The maximum atomic E-state index is 12.2. The highest BCUT2D eigenvalue weighted by atomic mass is 16.5. The molecule has 0 spiro atoms. The summed E-state index contributed by atoms with van der Waals surface area (Å²) in [4.78, 5) is 25.4. The predicted octanol–water partition coefficient (Wildman–Crippen LogP) is 0.310. The average Bonchev–Trinajstić information content (AvgIpc) is 2.52. The summed E-state index contributed by atoms with van der Waals surface area (Å²) in [6, 6.07) is 7.31. The van der Waals surface area contributed by atoms with Crippen molar-refractivity contribution >= 4 is 11.8 Å². The third-order valence-corrected chi connectivity index (χ3v) is 3.70. The van der Waals surface area contributed by atoms with E-state index in [0.29, 0.717) is 26.2 Å². The molecular weight excluding hydrogens is 282 g/mol. The Morgan fingerprint density at radius 1 is 1.41 bits per heavy atom. The Kier molecular flexibility index (Phi) is 5.77. The van der Waals surface area contributed by atoms with Crippen molar-refractivity contribution in [3.63, 3.8) is 0 Å². The molecular formula is C16H23N3O3. The molecule has 0 aromatic heterocycles. The highest BCUT2D eigenvalue weighted by Crippen LogP contribution is 2.15. The standard InChI is InChI=1S/C16H23N3O3/c1-12-5-3-4-6-15(12)22-10-8-18-16(21)14-11-17-7-9-19(14)13(2)20/h3-6,14,17H,7-11H2,1-2H3,(H,18,21)/t14-/m1/s1. The third-order valence-electron chi connectivity index (χ3n) is 3.70. The van der Waals surface area contributed by atoms with Crippen LogP contribution in [0.2, 0.25) is 0 Å². The lowest BCUT2D eigenvalue weighted by molar-refractivity contribution is -0.140. The summed E-state index contributed by atoms with van der Waals surface area (Å²) in [5.74, 6) is 0.607. The van der Waals surface area contributed by atoms with Gasteiger partial charge >= 0.3 is 0 Å². The minimum atomic E-state index is -0.440. The van der Waals surface area contributed by atoms with Crippen LogP contribution < -0.4 is 15.4 Å². The van der Waals surface area contributed by atoms with Crippen molar-refractivity contribution in [1.29, 1.82) is 0 Å². The van der Waals surface area contributed by atoms with E-state index < -0.39 is 6.04 Å². The van der Waals surface area contributed by atoms with Gasteiger partial charge < -0.3 is 20.3 Å². The number of piperazine rings is 1. The van der Waals surface area contributed by atoms with Crippen molar-refractivity contribution in [3.05, 3.63) is 29.8 Å². The van der Waals surface area contributed by atoms with E-state index in [1.165, 1.54) is 6.92 Å². The number of aryl methyl sites for hydroxylation is 1. The number of rotatable bonds is 5. The molecule has 1 aromatic rings. The quantitative estimate of drug-likeness (QED) is 0.768. The normalized spacial score (nSPS) is 17.9. The third kappa shape index (κ3) is 4.21. The van der Waals surface area contributed by atoms with E-state index in [-0.39, 0.29) is 11.8 Å². The van der Waals surface area contributed by atoms with Gasteiger partial charge in [0.15, 0.2) is 0 Å². The number of amides is 2. The Hall–Kier alpha value is -2.08. The number of nitrogens with one attached hydrogen (secondary N) is 2. The second kappa shape index (κ2) is 7.79. The zero-order chi connectivity index (χ0) is 15.9. The Bertz CT molecular complexity index is 533. The molecule has 2 N–H and O–H groups in total. The lowest BCUT2D eigenvalue weighted by Crippen LogP contribution is -2.59. The highest BCUT2D eigenvalue weighted by molar-refractivity contribution is 5.87. The molecule has 0 aliphatic carbocycles. The number of carbonyl (C=O) groups excluding carboxylic acids is 2. The molecule has 0 radical (unpaired) electrons. The summed E-state index contributed by atoms with van der Waals surface area (Å²) < 4.78 is 5.64. The number of carbonyl (C=O) groups is 2. The molecule has 22 heavy (non-hydrogen) atoms. The van der Waals surface area contributed by atoms with Crippen LogP contribution in [0.1, 0.15) is 12.5 Å². The largest absolute Gasteiger partial charge is 0.491 e. The fraction of sp³-hybridized carbons (Fsp3) is 0.500. The zero-order valence-corrected chi connectivity index (χ0v) is 13.1. The van der Waals surface area contributed by atoms with Gasteiger partial charge in [-0.1, -0.05) is 18.2 Å². The monoisotopic (exact) mass is 305 g/mol. The molecule has 120 valence electrons. The molecule has 0 unspecified atom stereocenters. The number of hydrogen-bond acceptors (Lipinski definition) is 4. The van der Waals surface area contributed by atoms with E-state index in [1.807, 2.05) is 31.2 Å². The topological polar surface area (TPSA) is 70.7 Å². The first-order chi connectivity index (χ1) is 10.6. The van der Waals surface area contributed by atoms with Crippen LogP contribution >= 0.6 is 0 Å². The van der Waals surface area contributed by atoms with Gasteiger partial charge in [0.2, 0.25) is 11.8 Å². The summed E-state index contributed by atoms with van der Waals surface area (Å²) in [5.41, 5.74) is 1.06. The highest BCUT2D eigenvalue weighted by Gasteiger charge is 2.29. The van der Waals surface area contributed by atoms with Crippen LogP contribution in [0, 0.1) is 6.92 Å². The minimum Gasteiger partial charge on any atom is -0.491 e. The first kappa shape index (κ1) is 16.3. The molecule has 1 aliphatic heterocycles. The van der Waals surface area contributed by atoms with Gasteiger partial charge in [-0.05, 0) is 18.6 Å². The molecule has 1 aliphatic rings. The molecule has 1 aromatic carbocycles. The molecule has 6 heteroatoms. The van der Waals surface area contributed by atoms with E-state index >= 15 is 0 Å². The maximum Gasteiger partial charge on any atom is 0.244 e. The SMILES string of the molecule is CC(=O)N1CCNC[C@@H]1C(=O)NCCOc1ccccc1C. The van der Waals surface area contributed by atoms with E-state index in [2.05, 4.69) is 10.6 Å². The second-order valence-corrected chi connectivity index (χ2v) is 5.34. The van der Waals surface area contributed by atoms with Crippen molar-refractivity contribution in [2.75, 3.05) is 32.8 Å². The Morgan fingerprint density at radius 3 is 2.91 bits per heavy atom. The molecule has 1 fully saturated rings. The zero-order valence-electron chi connectivity index (χ0n) is 13.1. The Morgan fingerprint density at radius 2 is 2.18 bits per heavy atom. The van der Waals surface area contributed by atoms with Crippen molar-refractivity contribution < 1.29 is 14.3 Å². The van der Waals surface area contributed by atoms with Gasteiger partial charge in [-0.3, -0.25) is 9.59 Å². The van der Waals surface area contributed by atoms with Gasteiger partial charge in [-0.15, -0.1) is 0 Å². The molecule has 1 saturated heterocycles. The molecule has 6 nitrogen and oxygen atoms in total. The van der Waals surface area contributed by atoms with Gasteiger partial charge in [-0.2, -0.15) is 0 Å². The van der Waals surface area contributed by atoms with Gasteiger partial charge in [0, 0.05) is 26.6 Å². The van der Waals surface area contributed by atoms with E-state index in [1.54, 1.807) is 4.90 Å². The summed E-state index contributed by atoms with van der Waals surface area (Å²) in [5, 5.41) is 5.97. The van der Waals surface area contributed by atoms with Gasteiger partial charge in [0.05, 0.1) is 6.54 Å². The van der Waals surface area contributed by atoms with Crippen molar-refractivity contribution in [2.45, 2.75) is 19.9 Å². The summed E-state index contributed by atoms with van der Waals surface area (Å²) in [7, 11) is 0. The number of ether oxygens (including phenoxy) is 1. The van der Waals surface area contributed by atoms with Gasteiger partial charge in [-0.25, -0.2) is 0 Å². The van der Waals surface area contributed by atoms with Crippen molar-refractivity contribution in [2.24, 2.45) is 0 Å². The van der Waals surface area contributed by atoms with E-state index in [0.717, 1.165) is 17.9 Å². The Balaban J connectivity index is 1.77. The van der Waals surface area contributed by atoms with Crippen molar-refractivity contribution in [1.82, 2.24) is 15.5 Å². The summed E-state index contributed by atoms with van der Waals surface area (Å²) in [6.07, 6.45) is 0.